The van der Waals surface area contributed by atoms with Gasteiger partial charge in [0.2, 0.25) is 0 Å². The predicted molar refractivity (Wildman–Crippen MR) is 95.5 cm³/mol. The van der Waals surface area contributed by atoms with Crippen molar-refractivity contribution < 1.29 is 19.4 Å². The van der Waals surface area contributed by atoms with Gasteiger partial charge in [0, 0.05) is 31.4 Å². The molecular weight excluding hydrogens is 334 g/mol. The number of rotatable bonds is 5. The fourth-order valence-corrected chi connectivity index (χ4v) is 3.06. The molecule has 0 radical (unpaired) electrons. The lowest BCUT2D eigenvalue weighted by Gasteiger charge is -2.38. The van der Waals surface area contributed by atoms with Crippen LogP contribution < -0.4 is 5.73 Å². The molecule has 26 heavy (non-hydrogen) atoms. The normalized spacial score (nSPS) is 20.7. The second-order valence-electron chi connectivity index (χ2n) is 6.54. The van der Waals surface area contributed by atoms with Crippen LogP contribution in [0.1, 0.15) is 23.0 Å². The van der Waals surface area contributed by atoms with Crippen LogP contribution in [0.25, 0.3) is 11.1 Å². The monoisotopic (exact) mass is 355 g/mol. The zero-order chi connectivity index (χ0) is 18.7. The average molecular weight is 355 g/mol. The molecule has 0 unspecified atom stereocenters. The molecule has 1 aromatic carbocycles. The summed E-state index contributed by atoms with van der Waals surface area (Å²) in [7, 11) is 0. The molecule has 1 saturated heterocycles. The minimum absolute atomic E-state index is 0.243. The lowest BCUT2D eigenvalue weighted by Crippen LogP contribution is -2.56. The number of carboxylic acid groups (broad SMARTS) is 1. The third-order valence-electron chi connectivity index (χ3n) is 4.55. The molecule has 1 aliphatic heterocycles. The van der Waals surface area contributed by atoms with Crippen molar-refractivity contribution in [2.75, 3.05) is 19.7 Å². The van der Waals surface area contributed by atoms with Gasteiger partial charge in [0.1, 0.15) is 0 Å². The molecule has 3 N–H and O–H groups in total. The Morgan fingerprint density at radius 1 is 1.31 bits per heavy atom. The van der Waals surface area contributed by atoms with Crippen molar-refractivity contribution in [3.63, 3.8) is 0 Å². The maximum absolute atomic E-state index is 11.6. The Morgan fingerprint density at radius 2 is 2.08 bits per heavy atom. The van der Waals surface area contributed by atoms with Crippen molar-refractivity contribution in [2.45, 2.75) is 19.1 Å². The highest BCUT2D eigenvalue weighted by Gasteiger charge is 2.37. The van der Waals surface area contributed by atoms with Crippen molar-refractivity contribution in [1.82, 2.24) is 9.88 Å². The summed E-state index contributed by atoms with van der Waals surface area (Å²) in [6.07, 6.45) is 1.67. The van der Waals surface area contributed by atoms with E-state index in [0.29, 0.717) is 31.8 Å². The van der Waals surface area contributed by atoms with Crippen LogP contribution in [0.3, 0.4) is 0 Å². The Hall–Kier alpha value is -2.77. The first-order chi connectivity index (χ1) is 12.4. The van der Waals surface area contributed by atoms with Gasteiger partial charge in [-0.1, -0.05) is 24.3 Å². The number of ether oxygens (including phenoxy) is 1. The molecular formula is C19H21N3O4. The quantitative estimate of drug-likeness (QED) is 0.842. The highest BCUT2D eigenvalue weighted by molar-refractivity contribution is 5.95. The molecule has 2 heterocycles. The molecule has 3 rings (SSSR count). The number of aromatic nitrogens is 1. The van der Waals surface area contributed by atoms with Gasteiger partial charge < -0.3 is 15.6 Å². The Balaban J connectivity index is 1.75. The lowest BCUT2D eigenvalue weighted by atomic mass is 10.0. The average Bonchev–Trinajstić information content (AvgIpc) is 2.62. The van der Waals surface area contributed by atoms with Crippen LogP contribution in [0.4, 0.5) is 0 Å². The van der Waals surface area contributed by atoms with E-state index >= 15 is 0 Å². The van der Waals surface area contributed by atoms with Crippen LogP contribution in [0, 0.1) is 0 Å². The number of morpholine rings is 1. The van der Waals surface area contributed by atoms with Gasteiger partial charge in [-0.2, -0.15) is 0 Å². The number of hydrogen-bond acceptors (Lipinski definition) is 5. The first-order valence-corrected chi connectivity index (χ1v) is 8.33. The van der Waals surface area contributed by atoms with E-state index in [2.05, 4.69) is 9.88 Å². The minimum Gasteiger partial charge on any atom is -0.478 e. The number of carbonyl (C=O) groups is 2. The number of pyridine rings is 1. The largest absolute Gasteiger partial charge is 0.478 e. The second-order valence-corrected chi connectivity index (χ2v) is 6.54. The van der Waals surface area contributed by atoms with E-state index < -0.39 is 17.5 Å². The Kier molecular flexibility index (Phi) is 5.01. The minimum atomic E-state index is -0.987. The summed E-state index contributed by atoms with van der Waals surface area (Å²) in [6.45, 7) is 3.79. The van der Waals surface area contributed by atoms with Crippen molar-refractivity contribution in [3.8, 4) is 11.1 Å². The van der Waals surface area contributed by atoms with Crippen LogP contribution in [0.5, 0.6) is 0 Å². The van der Waals surface area contributed by atoms with E-state index in [9.17, 15) is 14.7 Å². The molecule has 0 bridgehead atoms. The lowest BCUT2D eigenvalue weighted by molar-refractivity contribution is -0.153. The Bertz CT molecular complexity index is 822. The smallest absolute Gasteiger partial charge is 0.336 e. The molecule has 1 aromatic heterocycles. The van der Waals surface area contributed by atoms with Crippen molar-refractivity contribution in [3.05, 3.63) is 53.9 Å². The zero-order valence-corrected chi connectivity index (χ0v) is 14.5. The Morgan fingerprint density at radius 3 is 2.73 bits per heavy atom. The number of carbonyl (C=O) groups excluding carboxylic acids is 1. The molecule has 1 atom stereocenters. The third kappa shape index (κ3) is 3.74. The number of aromatic carboxylic acids is 1. The maximum atomic E-state index is 11.6. The van der Waals surface area contributed by atoms with E-state index in [1.807, 2.05) is 12.1 Å². The SMILES string of the molecule is C[C@@]1(C(N)=O)CN(Cc2ccc(-c3ccccc3C(=O)O)cn2)CCO1. The van der Waals surface area contributed by atoms with Crippen LogP contribution in [0.15, 0.2) is 42.6 Å². The van der Waals surface area contributed by atoms with Gasteiger partial charge in [-0.25, -0.2) is 4.79 Å². The van der Waals surface area contributed by atoms with Crippen LogP contribution >= 0.6 is 0 Å². The summed E-state index contributed by atoms with van der Waals surface area (Å²) in [5.74, 6) is -1.44. The van der Waals surface area contributed by atoms with Crippen molar-refractivity contribution >= 4 is 11.9 Å². The molecule has 2 aromatic rings. The number of amides is 1. The molecule has 1 fully saturated rings. The first kappa shape index (κ1) is 18.0. The molecule has 7 nitrogen and oxygen atoms in total. The third-order valence-corrected chi connectivity index (χ3v) is 4.55. The van der Waals surface area contributed by atoms with Gasteiger partial charge in [-0.15, -0.1) is 0 Å². The fourth-order valence-electron chi connectivity index (χ4n) is 3.06. The maximum Gasteiger partial charge on any atom is 0.336 e. The zero-order valence-electron chi connectivity index (χ0n) is 14.5. The number of primary amides is 1. The second kappa shape index (κ2) is 7.23. The predicted octanol–water partition coefficient (Wildman–Crippen LogP) is 1.52. The number of hydrogen-bond donors (Lipinski definition) is 2. The number of benzene rings is 1. The molecule has 1 aliphatic rings. The van der Waals surface area contributed by atoms with Gasteiger partial charge in [0.05, 0.1) is 17.9 Å². The summed E-state index contributed by atoms with van der Waals surface area (Å²) in [5.41, 5.74) is 6.89. The van der Waals surface area contributed by atoms with Gasteiger partial charge >= 0.3 is 5.97 Å². The molecule has 7 heteroatoms. The van der Waals surface area contributed by atoms with Crippen LogP contribution in [0.2, 0.25) is 0 Å². The van der Waals surface area contributed by atoms with Gasteiger partial charge in [0.25, 0.3) is 5.91 Å². The van der Waals surface area contributed by atoms with Crippen molar-refractivity contribution in [2.24, 2.45) is 5.73 Å². The number of carboxylic acids is 1. The summed E-state index contributed by atoms with van der Waals surface area (Å²) in [4.78, 5) is 29.5. The standard InChI is InChI=1S/C19H21N3O4/c1-19(18(20)25)12-22(8-9-26-19)11-14-7-6-13(10-21-14)15-4-2-3-5-16(15)17(23)24/h2-7,10H,8-9,11-12H2,1H3,(H2,20,25)(H,23,24)/t19-/m0/s1. The summed E-state index contributed by atoms with van der Waals surface area (Å²) < 4.78 is 5.52. The fraction of sp³-hybridized carbons (Fsp3) is 0.316. The molecule has 136 valence electrons. The van der Waals surface area contributed by atoms with Gasteiger partial charge in [0.15, 0.2) is 5.60 Å². The number of nitrogens with zero attached hydrogens (tertiary/aromatic N) is 2. The molecule has 0 saturated carbocycles. The molecule has 0 aliphatic carbocycles. The van der Waals surface area contributed by atoms with Crippen LogP contribution in [-0.4, -0.2) is 52.2 Å². The van der Waals surface area contributed by atoms with E-state index in [1.165, 1.54) is 0 Å². The highest BCUT2D eigenvalue weighted by Crippen LogP contribution is 2.24. The summed E-state index contributed by atoms with van der Waals surface area (Å²) in [5, 5.41) is 9.32. The molecule has 0 spiro atoms. The van der Waals surface area contributed by atoms with E-state index in [0.717, 1.165) is 11.3 Å². The van der Waals surface area contributed by atoms with Crippen molar-refractivity contribution in [1.29, 1.82) is 0 Å². The van der Waals surface area contributed by atoms with Gasteiger partial charge in [-0.05, 0) is 24.6 Å². The summed E-state index contributed by atoms with van der Waals surface area (Å²) >= 11 is 0. The van der Waals surface area contributed by atoms with E-state index in [4.69, 9.17) is 10.5 Å². The first-order valence-electron chi connectivity index (χ1n) is 8.33. The van der Waals surface area contributed by atoms with Gasteiger partial charge in [-0.3, -0.25) is 14.7 Å². The van der Waals surface area contributed by atoms with Crippen LogP contribution in [-0.2, 0) is 16.1 Å². The molecule has 1 amide bonds. The number of nitrogens with two attached hydrogens (primary N) is 1. The van der Waals surface area contributed by atoms with E-state index in [1.54, 1.807) is 37.4 Å². The Labute approximate surface area is 151 Å². The van der Waals surface area contributed by atoms with E-state index in [-0.39, 0.29) is 5.56 Å². The topological polar surface area (TPSA) is 106 Å². The summed E-state index contributed by atoms with van der Waals surface area (Å²) in [6, 6.07) is 10.6. The highest BCUT2D eigenvalue weighted by atomic mass is 16.5.